The molecule has 23 heavy (non-hydrogen) atoms. The average Bonchev–Trinajstić information content (AvgIpc) is 2.97. The third-order valence-electron chi connectivity index (χ3n) is 3.20. The maximum Gasteiger partial charge on any atom is 0.407 e. The molecule has 1 saturated carbocycles. The fourth-order valence-electron chi connectivity index (χ4n) is 1.97. The minimum absolute atomic E-state index is 0.0142. The highest BCUT2D eigenvalue weighted by Crippen LogP contribution is 2.23. The summed E-state index contributed by atoms with van der Waals surface area (Å²) in [6.45, 7) is 5.81. The van der Waals surface area contributed by atoms with Crippen molar-refractivity contribution in [3.8, 4) is 0 Å². The van der Waals surface area contributed by atoms with Gasteiger partial charge in [-0.3, -0.25) is 0 Å². The number of rotatable bonds is 6. The number of alkyl carbamates (subject to hydrolysis) is 1. The second-order valence-electron chi connectivity index (χ2n) is 6.40. The zero-order valence-electron chi connectivity index (χ0n) is 13.7. The van der Waals surface area contributed by atoms with Crippen molar-refractivity contribution < 1.29 is 22.4 Å². The Morgan fingerprint density at radius 1 is 1.35 bits per heavy atom. The number of nitrogens with one attached hydrogen (secondary N) is 3. The fraction of sp³-hybridized carbons (Fsp3) is 0.643. The third-order valence-corrected chi connectivity index (χ3v) is 4.49. The van der Waals surface area contributed by atoms with Gasteiger partial charge in [-0.15, -0.1) is 0 Å². The Hall–Kier alpha value is -1.58. The highest BCUT2D eigenvalue weighted by Gasteiger charge is 2.39. The van der Waals surface area contributed by atoms with Gasteiger partial charge in [-0.1, -0.05) is 0 Å². The summed E-state index contributed by atoms with van der Waals surface area (Å²) >= 11 is 0. The van der Waals surface area contributed by atoms with Crippen LogP contribution in [0.1, 0.15) is 33.0 Å². The second-order valence-corrected chi connectivity index (χ2v) is 8.22. The van der Waals surface area contributed by atoms with E-state index in [1.165, 1.54) is 13.1 Å². The second kappa shape index (κ2) is 6.50. The molecule has 0 aliphatic heterocycles. The predicted molar refractivity (Wildman–Crippen MR) is 83.4 cm³/mol. The van der Waals surface area contributed by atoms with Crippen molar-refractivity contribution in [1.82, 2.24) is 15.4 Å². The lowest BCUT2D eigenvalue weighted by Crippen LogP contribution is -2.36. The van der Waals surface area contributed by atoms with E-state index in [2.05, 4.69) is 15.4 Å². The summed E-state index contributed by atoms with van der Waals surface area (Å²) < 4.78 is 35.8. The zero-order chi connectivity index (χ0) is 17.3. The molecule has 1 aliphatic rings. The average molecular weight is 345 g/mol. The van der Waals surface area contributed by atoms with Gasteiger partial charge >= 0.3 is 6.09 Å². The number of amides is 1. The van der Waals surface area contributed by atoms with Crippen LogP contribution in [-0.2, 0) is 21.3 Å². The monoisotopic (exact) mass is 345 g/mol. The van der Waals surface area contributed by atoms with Crippen molar-refractivity contribution in [2.75, 3.05) is 7.05 Å². The van der Waals surface area contributed by atoms with E-state index in [0.29, 0.717) is 12.3 Å². The van der Waals surface area contributed by atoms with Crippen molar-refractivity contribution in [2.45, 2.75) is 56.5 Å². The van der Waals surface area contributed by atoms with Crippen LogP contribution in [0.2, 0.25) is 0 Å². The number of ether oxygens (including phenoxy) is 1. The Morgan fingerprint density at radius 2 is 2.04 bits per heavy atom. The molecule has 8 nitrogen and oxygen atoms in total. The molecule has 1 fully saturated rings. The molecule has 2 rings (SSSR count). The molecular formula is C14H23N3O5S. The Bertz CT molecular complexity index is 662. The first-order chi connectivity index (χ1) is 10.6. The van der Waals surface area contributed by atoms with Crippen molar-refractivity contribution in [3.05, 3.63) is 17.9 Å². The van der Waals surface area contributed by atoms with E-state index in [-0.39, 0.29) is 17.2 Å². The minimum atomic E-state index is -3.56. The van der Waals surface area contributed by atoms with E-state index in [9.17, 15) is 13.2 Å². The molecule has 2 unspecified atom stereocenters. The number of sulfonamides is 1. The van der Waals surface area contributed by atoms with Crippen molar-refractivity contribution in [2.24, 2.45) is 0 Å². The Labute approximate surface area is 136 Å². The van der Waals surface area contributed by atoms with Crippen LogP contribution in [0.5, 0.6) is 0 Å². The summed E-state index contributed by atoms with van der Waals surface area (Å²) in [4.78, 5) is 11.6. The summed E-state index contributed by atoms with van der Waals surface area (Å²) in [5.41, 5.74) is -0.523. The first kappa shape index (κ1) is 17.8. The van der Waals surface area contributed by atoms with E-state index < -0.39 is 21.7 Å². The zero-order valence-corrected chi connectivity index (χ0v) is 14.5. The van der Waals surface area contributed by atoms with Gasteiger partial charge in [0.2, 0.25) is 5.09 Å². The van der Waals surface area contributed by atoms with Crippen molar-refractivity contribution >= 4 is 16.1 Å². The number of carbonyl (C=O) groups excluding carboxylic acids is 1. The molecule has 3 N–H and O–H groups in total. The maximum atomic E-state index is 11.6. The molecule has 1 aromatic heterocycles. The molecule has 1 amide bonds. The molecule has 0 saturated heterocycles. The smallest absolute Gasteiger partial charge is 0.407 e. The van der Waals surface area contributed by atoms with Gasteiger partial charge in [-0.25, -0.2) is 17.9 Å². The molecule has 1 aliphatic carbocycles. The number of furan rings is 1. The van der Waals surface area contributed by atoms with Gasteiger partial charge < -0.3 is 19.8 Å². The van der Waals surface area contributed by atoms with E-state index in [1.807, 2.05) is 20.8 Å². The Kier molecular flexibility index (Phi) is 5.02. The minimum Gasteiger partial charge on any atom is -0.447 e. The van der Waals surface area contributed by atoms with Crippen LogP contribution in [0.4, 0.5) is 4.79 Å². The SMILES string of the molecule is CNS(=O)(=O)c1ccc(CNC2CC2NC(=O)OC(C)(C)C)o1. The highest BCUT2D eigenvalue weighted by molar-refractivity contribution is 7.89. The molecule has 2 atom stereocenters. The first-order valence-electron chi connectivity index (χ1n) is 7.36. The Balaban J connectivity index is 1.76. The van der Waals surface area contributed by atoms with E-state index in [1.54, 1.807) is 6.07 Å². The van der Waals surface area contributed by atoms with Gasteiger partial charge in [0.25, 0.3) is 10.0 Å². The van der Waals surface area contributed by atoms with Crippen LogP contribution in [0.25, 0.3) is 0 Å². The van der Waals surface area contributed by atoms with Crippen molar-refractivity contribution in [3.63, 3.8) is 0 Å². The van der Waals surface area contributed by atoms with Gasteiger partial charge in [-0.2, -0.15) is 0 Å². The lowest BCUT2D eigenvalue weighted by molar-refractivity contribution is 0.0522. The van der Waals surface area contributed by atoms with E-state index in [0.717, 1.165) is 6.42 Å². The molecule has 0 spiro atoms. The topological polar surface area (TPSA) is 110 Å². The highest BCUT2D eigenvalue weighted by atomic mass is 32.2. The van der Waals surface area contributed by atoms with Crippen LogP contribution in [0.15, 0.2) is 21.6 Å². The maximum absolute atomic E-state index is 11.6. The van der Waals surface area contributed by atoms with E-state index in [4.69, 9.17) is 9.15 Å². The number of hydrogen-bond acceptors (Lipinski definition) is 6. The summed E-state index contributed by atoms with van der Waals surface area (Å²) in [7, 11) is -2.24. The van der Waals surface area contributed by atoms with Crippen LogP contribution in [0.3, 0.4) is 0 Å². The molecule has 9 heteroatoms. The lowest BCUT2D eigenvalue weighted by atomic mass is 10.2. The molecule has 0 bridgehead atoms. The fourth-order valence-corrected chi connectivity index (χ4v) is 2.63. The molecule has 0 radical (unpaired) electrons. The molecule has 0 aromatic carbocycles. The third kappa shape index (κ3) is 5.22. The summed E-state index contributed by atoms with van der Waals surface area (Å²) in [5.74, 6) is 0.516. The van der Waals surface area contributed by atoms with Gasteiger partial charge in [0.05, 0.1) is 6.54 Å². The normalized spacial score (nSPS) is 21.0. The number of hydrogen-bond donors (Lipinski definition) is 3. The Morgan fingerprint density at radius 3 is 2.65 bits per heavy atom. The van der Waals surface area contributed by atoms with Crippen LogP contribution in [0, 0.1) is 0 Å². The quantitative estimate of drug-likeness (QED) is 0.708. The van der Waals surface area contributed by atoms with Crippen LogP contribution in [-0.4, -0.2) is 39.2 Å². The predicted octanol–water partition coefficient (Wildman–Crippen LogP) is 0.943. The van der Waals surface area contributed by atoms with Gasteiger partial charge in [0, 0.05) is 12.1 Å². The summed E-state index contributed by atoms with van der Waals surface area (Å²) in [6.07, 6.45) is 0.355. The summed E-state index contributed by atoms with van der Waals surface area (Å²) in [5, 5.41) is 5.86. The van der Waals surface area contributed by atoms with Crippen LogP contribution >= 0.6 is 0 Å². The van der Waals surface area contributed by atoms with E-state index >= 15 is 0 Å². The molecule has 1 heterocycles. The lowest BCUT2D eigenvalue weighted by Gasteiger charge is -2.19. The van der Waals surface area contributed by atoms with Gasteiger partial charge in [-0.05, 0) is 46.4 Å². The molecule has 1 aromatic rings. The molecular weight excluding hydrogens is 322 g/mol. The van der Waals surface area contributed by atoms with Crippen LogP contribution < -0.4 is 15.4 Å². The standard InChI is InChI=1S/C14H23N3O5S/c1-14(2,3)22-13(18)17-11-7-10(11)16-8-9-5-6-12(21-9)23(19,20)15-4/h5-6,10-11,15-16H,7-8H2,1-4H3,(H,17,18). The van der Waals surface area contributed by atoms with Crippen molar-refractivity contribution in [1.29, 1.82) is 0 Å². The number of carbonyl (C=O) groups is 1. The summed E-state index contributed by atoms with van der Waals surface area (Å²) in [6, 6.07) is 3.15. The largest absolute Gasteiger partial charge is 0.447 e. The molecule has 130 valence electrons. The van der Waals surface area contributed by atoms with Gasteiger partial charge in [0.15, 0.2) is 0 Å². The first-order valence-corrected chi connectivity index (χ1v) is 8.84. The van der Waals surface area contributed by atoms with Gasteiger partial charge in [0.1, 0.15) is 11.4 Å².